The third kappa shape index (κ3) is 66.0. The van der Waals surface area contributed by atoms with Gasteiger partial charge in [0.05, 0.1) is 26.4 Å². The highest BCUT2D eigenvalue weighted by molar-refractivity contribution is 7.47. The summed E-state index contributed by atoms with van der Waals surface area (Å²) >= 11 is 0. The number of aliphatic hydroxyl groups excluding tert-OH is 1. The number of rotatable bonds is 68. The van der Waals surface area contributed by atoms with E-state index in [2.05, 4.69) is 72.8 Å². The van der Waals surface area contributed by atoms with E-state index in [9.17, 15) is 43.2 Å². The van der Waals surface area contributed by atoms with Crippen LogP contribution in [0, 0.1) is 17.8 Å². The van der Waals surface area contributed by atoms with Crippen LogP contribution in [0.5, 0.6) is 0 Å². The van der Waals surface area contributed by atoms with Crippen LogP contribution in [0.3, 0.4) is 0 Å². The molecule has 536 valence electrons. The maximum absolute atomic E-state index is 13.0. The summed E-state index contributed by atoms with van der Waals surface area (Å²) in [4.78, 5) is 72.6. The van der Waals surface area contributed by atoms with Crippen LogP contribution in [0.2, 0.25) is 0 Å². The Morgan fingerprint density at radius 1 is 0.341 bits per heavy atom. The van der Waals surface area contributed by atoms with Crippen molar-refractivity contribution in [1.82, 2.24) is 0 Å². The van der Waals surface area contributed by atoms with Crippen LogP contribution in [0.25, 0.3) is 0 Å². The quantitative estimate of drug-likeness (QED) is 0.0169. The Bertz CT molecular complexity index is 1880. The summed E-state index contributed by atoms with van der Waals surface area (Å²) < 4.78 is 68.3. The molecule has 0 bridgehead atoms. The number of hydrogen-bond acceptors (Lipinski definition) is 15. The molecule has 0 aromatic heterocycles. The first-order valence-corrected chi connectivity index (χ1v) is 39.7. The molecule has 5 atom stereocenters. The molecule has 0 saturated heterocycles. The number of ether oxygens (including phenoxy) is 4. The summed E-state index contributed by atoms with van der Waals surface area (Å²) in [6, 6.07) is 0. The second-order valence-corrected chi connectivity index (χ2v) is 29.6. The fraction of sp³-hybridized carbons (Fsp3) is 0.889. The number of aliphatic hydroxyl groups is 1. The van der Waals surface area contributed by atoms with Gasteiger partial charge < -0.3 is 33.8 Å². The first kappa shape index (κ1) is 88.5. The van der Waals surface area contributed by atoms with E-state index in [0.29, 0.717) is 31.6 Å². The molecule has 0 radical (unpaired) electrons. The smallest absolute Gasteiger partial charge is 0.462 e. The van der Waals surface area contributed by atoms with Crippen LogP contribution in [-0.2, 0) is 65.4 Å². The molecule has 0 fully saturated rings. The summed E-state index contributed by atoms with van der Waals surface area (Å²) in [5.74, 6) is 0.0405. The van der Waals surface area contributed by atoms with Crippen LogP contribution in [0.1, 0.15) is 337 Å². The standard InChI is InChI=1S/C72H136O17P2/c1-8-9-10-11-12-13-14-15-16-17-20-27-32-41-48-55-71(76)88-67(59-82-69(74)53-46-39-31-26-21-18-19-24-29-36-43-50-63(2)3)61-86-90(78,79)84-57-66(73)58-85-91(80,81)87-62-68(60-83-70(75)54-47-40-35-34-38-45-52-65(6)7)89-72(77)56-49-42-33-28-23-22-25-30-37-44-51-64(4)5/h13-16,63-68,73H,8-12,17-62H2,1-7H3,(H,78,79)(H,80,81)/b14-13-,16-15-/t66-,67-,68-/m1/s1. The van der Waals surface area contributed by atoms with Crippen LogP contribution in [-0.4, -0.2) is 96.7 Å². The Balaban J connectivity index is 5.29. The second kappa shape index (κ2) is 62.4. The van der Waals surface area contributed by atoms with Gasteiger partial charge in [0.2, 0.25) is 0 Å². The van der Waals surface area contributed by atoms with Crippen molar-refractivity contribution < 1.29 is 80.2 Å². The zero-order valence-electron chi connectivity index (χ0n) is 58.8. The van der Waals surface area contributed by atoms with Crippen LogP contribution in [0.15, 0.2) is 24.3 Å². The molecule has 0 aromatic carbocycles. The van der Waals surface area contributed by atoms with Crippen LogP contribution < -0.4 is 0 Å². The van der Waals surface area contributed by atoms with Crippen molar-refractivity contribution in [1.29, 1.82) is 0 Å². The SMILES string of the molecule is CCCCCC/C=C\C=C/CCCCCCCC(=O)O[C@H](COC(=O)CCCCCCCCCCCCCC(C)C)COP(=O)(O)OC[C@@H](O)COP(=O)(O)OC[C@@H](COC(=O)CCCCCCCCC(C)C)OC(=O)CCCCCCCCCCCCC(C)C. The molecular weight excluding hydrogens is 1200 g/mol. The molecule has 3 N–H and O–H groups in total. The lowest BCUT2D eigenvalue weighted by molar-refractivity contribution is -0.161. The van der Waals surface area contributed by atoms with Crippen molar-refractivity contribution in [2.24, 2.45) is 17.8 Å². The summed E-state index contributed by atoms with van der Waals surface area (Å²) in [7, 11) is -9.92. The van der Waals surface area contributed by atoms with Crippen LogP contribution in [0.4, 0.5) is 0 Å². The van der Waals surface area contributed by atoms with E-state index in [1.165, 1.54) is 128 Å². The molecule has 19 heteroatoms. The highest BCUT2D eigenvalue weighted by Gasteiger charge is 2.30. The minimum atomic E-state index is -4.96. The van der Waals surface area contributed by atoms with Gasteiger partial charge in [-0.05, 0) is 69.1 Å². The Morgan fingerprint density at radius 2 is 0.593 bits per heavy atom. The maximum atomic E-state index is 13.0. The number of carbonyl (C=O) groups is 4. The Hall–Kier alpha value is -2.46. The Labute approximate surface area is 554 Å². The van der Waals surface area contributed by atoms with Gasteiger partial charge in [0.15, 0.2) is 12.2 Å². The first-order chi connectivity index (χ1) is 43.7. The van der Waals surface area contributed by atoms with Gasteiger partial charge in [-0.25, -0.2) is 9.13 Å². The lowest BCUT2D eigenvalue weighted by Gasteiger charge is -2.21. The van der Waals surface area contributed by atoms with Gasteiger partial charge in [-0.2, -0.15) is 0 Å². The van der Waals surface area contributed by atoms with E-state index >= 15 is 0 Å². The highest BCUT2D eigenvalue weighted by atomic mass is 31.2. The van der Waals surface area contributed by atoms with Crippen LogP contribution >= 0.6 is 15.6 Å². The molecule has 0 spiro atoms. The molecular formula is C72H136O17P2. The molecule has 0 heterocycles. The highest BCUT2D eigenvalue weighted by Crippen LogP contribution is 2.45. The largest absolute Gasteiger partial charge is 0.472 e. The van der Waals surface area contributed by atoms with E-state index in [0.717, 1.165) is 121 Å². The second-order valence-electron chi connectivity index (χ2n) is 26.7. The summed E-state index contributed by atoms with van der Waals surface area (Å²) in [6.45, 7) is 11.7. The van der Waals surface area contributed by atoms with Gasteiger partial charge in [-0.3, -0.25) is 37.3 Å². The van der Waals surface area contributed by atoms with E-state index in [1.54, 1.807) is 0 Å². The van der Waals surface area contributed by atoms with Gasteiger partial charge in [-0.1, -0.05) is 285 Å². The van der Waals surface area contributed by atoms with Gasteiger partial charge in [0, 0.05) is 25.7 Å². The molecule has 0 saturated carbocycles. The Kier molecular flexibility index (Phi) is 60.7. The number of allylic oxidation sites excluding steroid dienone is 4. The first-order valence-electron chi connectivity index (χ1n) is 36.7. The van der Waals surface area contributed by atoms with E-state index < -0.39 is 97.5 Å². The maximum Gasteiger partial charge on any atom is 0.472 e. The van der Waals surface area contributed by atoms with Crippen molar-refractivity contribution in [3.05, 3.63) is 24.3 Å². The number of esters is 4. The predicted octanol–water partition coefficient (Wildman–Crippen LogP) is 20.2. The molecule has 0 amide bonds. The normalized spacial score (nSPS) is 14.3. The lowest BCUT2D eigenvalue weighted by atomic mass is 10.0. The molecule has 0 aromatic rings. The topological polar surface area (TPSA) is 237 Å². The lowest BCUT2D eigenvalue weighted by Crippen LogP contribution is -2.30. The van der Waals surface area contributed by atoms with Crippen molar-refractivity contribution in [2.75, 3.05) is 39.6 Å². The van der Waals surface area contributed by atoms with Crippen molar-refractivity contribution in [2.45, 2.75) is 356 Å². The van der Waals surface area contributed by atoms with E-state index in [1.807, 2.05) is 0 Å². The molecule has 2 unspecified atom stereocenters. The molecule has 0 aliphatic rings. The third-order valence-electron chi connectivity index (χ3n) is 16.0. The number of phosphoric ester groups is 2. The predicted molar refractivity (Wildman–Crippen MR) is 367 cm³/mol. The number of hydrogen-bond donors (Lipinski definition) is 3. The average molecular weight is 1340 g/mol. The molecule has 17 nitrogen and oxygen atoms in total. The molecule has 91 heavy (non-hydrogen) atoms. The van der Waals surface area contributed by atoms with Gasteiger partial charge in [0.25, 0.3) is 0 Å². The summed E-state index contributed by atoms with van der Waals surface area (Å²) in [5.41, 5.74) is 0. The zero-order valence-corrected chi connectivity index (χ0v) is 60.6. The Morgan fingerprint density at radius 3 is 0.890 bits per heavy atom. The summed E-state index contributed by atoms with van der Waals surface area (Å²) in [5, 5.41) is 10.6. The minimum absolute atomic E-state index is 0.0844. The number of phosphoric acid groups is 2. The average Bonchev–Trinajstić information content (AvgIpc) is 3.22. The number of unbranched alkanes of at least 4 members (excludes halogenated alkanes) is 33. The minimum Gasteiger partial charge on any atom is -0.462 e. The zero-order chi connectivity index (χ0) is 67.3. The van der Waals surface area contributed by atoms with E-state index in [4.69, 9.17) is 37.0 Å². The van der Waals surface area contributed by atoms with Gasteiger partial charge >= 0.3 is 39.5 Å². The van der Waals surface area contributed by atoms with Crippen molar-refractivity contribution >= 4 is 39.5 Å². The van der Waals surface area contributed by atoms with Gasteiger partial charge in [0.1, 0.15) is 19.3 Å². The third-order valence-corrected chi connectivity index (χ3v) is 17.9. The fourth-order valence-electron chi connectivity index (χ4n) is 10.4. The number of carbonyl (C=O) groups excluding carboxylic acids is 4. The van der Waals surface area contributed by atoms with Crippen molar-refractivity contribution in [3.63, 3.8) is 0 Å². The molecule has 0 aliphatic carbocycles. The van der Waals surface area contributed by atoms with Crippen molar-refractivity contribution in [3.8, 4) is 0 Å². The molecule has 0 rings (SSSR count). The van der Waals surface area contributed by atoms with E-state index in [-0.39, 0.29) is 25.7 Å². The molecule has 0 aliphatic heterocycles. The summed E-state index contributed by atoms with van der Waals surface area (Å²) in [6.07, 6.45) is 49.5. The monoisotopic (exact) mass is 1330 g/mol. The van der Waals surface area contributed by atoms with Gasteiger partial charge in [-0.15, -0.1) is 0 Å². The fourth-order valence-corrected chi connectivity index (χ4v) is 11.9.